The second-order valence-electron chi connectivity index (χ2n) is 8.06. The largest absolute Gasteiger partial charge is 0.497 e. The Hall–Kier alpha value is -3.75. The molecule has 2 heterocycles. The van der Waals surface area contributed by atoms with Crippen LogP contribution in [0, 0.1) is 0 Å². The Balaban J connectivity index is 1.41. The van der Waals surface area contributed by atoms with Crippen molar-refractivity contribution in [2.24, 2.45) is 0 Å². The van der Waals surface area contributed by atoms with Crippen LogP contribution in [-0.2, 0) is 27.3 Å². The van der Waals surface area contributed by atoms with E-state index in [1.807, 2.05) is 48.5 Å². The number of nitrogens with zero attached hydrogens (tertiary/aromatic N) is 2. The zero-order chi connectivity index (χ0) is 23.9. The van der Waals surface area contributed by atoms with Gasteiger partial charge >= 0.3 is 0 Å². The summed E-state index contributed by atoms with van der Waals surface area (Å²) in [5, 5.41) is 13.0. The number of aromatic nitrogens is 1. The fraction of sp³-hybridized carbons (Fsp3) is 0.269. The van der Waals surface area contributed by atoms with E-state index < -0.39 is 12.1 Å². The Morgan fingerprint density at radius 2 is 1.91 bits per heavy atom. The fourth-order valence-corrected chi connectivity index (χ4v) is 4.00. The first-order chi connectivity index (χ1) is 16.6. The zero-order valence-corrected chi connectivity index (χ0v) is 18.9. The molecule has 0 radical (unpaired) electrons. The number of carbonyl (C=O) groups is 2. The molecule has 1 aliphatic rings. The van der Waals surface area contributed by atoms with Crippen LogP contribution in [0.2, 0.25) is 0 Å². The summed E-state index contributed by atoms with van der Waals surface area (Å²) < 4.78 is 10.9. The predicted molar refractivity (Wildman–Crippen MR) is 126 cm³/mol. The van der Waals surface area contributed by atoms with Crippen molar-refractivity contribution in [2.75, 3.05) is 25.6 Å². The number of anilines is 1. The van der Waals surface area contributed by atoms with Gasteiger partial charge in [-0.25, -0.2) is 0 Å². The number of hydrogen-bond acceptors (Lipinski definition) is 6. The topological polar surface area (TPSA) is 101 Å². The first kappa shape index (κ1) is 23.4. The summed E-state index contributed by atoms with van der Waals surface area (Å²) in [5.41, 5.74) is 3.23. The normalized spacial score (nSPS) is 17.9. The number of morpholine rings is 1. The van der Waals surface area contributed by atoms with Gasteiger partial charge in [-0.1, -0.05) is 30.3 Å². The van der Waals surface area contributed by atoms with E-state index in [1.165, 1.54) is 0 Å². The lowest BCUT2D eigenvalue weighted by molar-refractivity contribution is -0.162. The molecular formula is C26H27N3O5. The van der Waals surface area contributed by atoms with Crippen LogP contribution in [0.1, 0.15) is 22.8 Å². The lowest BCUT2D eigenvalue weighted by atomic mass is 9.98. The Bertz CT molecular complexity index is 1100. The summed E-state index contributed by atoms with van der Waals surface area (Å²) >= 11 is 0. The van der Waals surface area contributed by atoms with Gasteiger partial charge in [-0.2, -0.15) is 0 Å². The van der Waals surface area contributed by atoms with E-state index in [0.717, 1.165) is 22.4 Å². The first-order valence-corrected chi connectivity index (χ1v) is 11.0. The van der Waals surface area contributed by atoms with Gasteiger partial charge in [-0.3, -0.25) is 14.6 Å². The molecule has 0 unspecified atom stereocenters. The Kier molecular flexibility index (Phi) is 7.51. The molecule has 176 valence electrons. The van der Waals surface area contributed by atoms with Gasteiger partial charge in [-0.05, 0) is 47.0 Å². The van der Waals surface area contributed by atoms with Crippen molar-refractivity contribution in [1.82, 2.24) is 9.88 Å². The number of ether oxygens (including phenoxy) is 2. The molecule has 2 N–H and O–H groups in total. The molecule has 8 nitrogen and oxygen atoms in total. The SMILES string of the molecule is COc1ccc(CC(=O)Nc2ccc([C@H]3OCC(=O)N(Cc4cccnc4)[C@@H]3CO)cc2)cc1. The molecule has 0 saturated carbocycles. The number of pyridine rings is 1. The highest BCUT2D eigenvalue weighted by Crippen LogP contribution is 2.31. The lowest BCUT2D eigenvalue weighted by Crippen LogP contribution is -2.52. The van der Waals surface area contributed by atoms with Crippen LogP contribution in [0.25, 0.3) is 0 Å². The van der Waals surface area contributed by atoms with Crippen LogP contribution in [0.15, 0.2) is 73.1 Å². The molecule has 1 fully saturated rings. The molecule has 0 spiro atoms. The maximum atomic E-state index is 12.5. The van der Waals surface area contributed by atoms with Gasteiger partial charge in [-0.15, -0.1) is 0 Å². The quantitative estimate of drug-likeness (QED) is 0.535. The monoisotopic (exact) mass is 461 g/mol. The maximum absolute atomic E-state index is 12.5. The lowest BCUT2D eigenvalue weighted by Gasteiger charge is -2.40. The van der Waals surface area contributed by atoms with Gasteiger partial charge < -0.3 is 24.8 Å². The third-order valence-electron chi connectivity index (χ3n) is 5.77. The van der Waals surface area contributed by atoms with Crippen LogP contribution in [-0.4, -0.2) is 53.2 Å². The molecule has 8 heteroatoms. The summed E-state index contributed by atoms with van der Waals surface area (Å²) in [6, 6.07) is 17.8. The van der Waals surface area contributed by atoms with Crippen molar-refractivity contribution in [2.45, 2.75) is 25.1 Å². The minimum atomic E-state index is -0.531. The van der Waals surface area contributed by atoms with E-state index in [9.17, 15) is 14.7 Å². The highest BCUT2D eigenvalue weighted by Gasteiger charge is 2.37. The number of hydrogen-bond donors (Lipinski definition) is 2. The molecule has 2 aromatic carbocycles. The summed E-state index contributed by atoms with van der Waals surface area (Å²) in [6.45, 7) is 0.0378. The van der Waals surface area contributed by atoms with Crippen molar-refractivity contribution in [3.8, 4) is 5.75 Å². The molecule has 1 aromatic heterocycles. The van der Waals surface area contributed by atoms with Crippen molar-refractivity contribution in [3.05, 3.63) is 89.7 Å². The molecule has 0 aliphatic carbocycles. The molecule has 1 saturated heterocycles. The van der Waals surface area contributed by atoms with Gasteiger partial charge in [0.15, 0.2) is 0 Å². The molecule has 2 atom stereocenters. The fourth-order valence-electron chi connectivity index (χ4n) is 4.00. The molecule has 4 rings (SSSR count). The molecular weight excluding hydrogens is 434 g/mol. The summed E-state index contributed by atoms with van der Waals surface area (Å²) in [5.74, 6) is 0.432. The zero-order valence-electron chi connectivity index (χ0n) is 18.9. The highest BCUT2D eigenvalue weighted by molar-refractivity contribution is 5.92. The Morgan fingerprint density at radius 1 is 1.15 bits per heavy atom. The second-order valence-corrected chi connectivity index (χ2v) is 8.06. The number of amides is 2. The van der Waals surface area contributed by atoms with Crippen LogP contribution in [0.5, 0.6) is 5.75 Å². The van der Waals surface area contributed by atoms with Gasteiger partial charge in [0, 0.05) is 24.6 Å². The number of nitrogens with one attached hydrogen (secondary N) is 1. The van der Waals surface area contributed by atoms with Crippen LogP contribution < -0.4 is 10.1 Å². The minimum Gasteiger partial charge on any atom is -0.497 e. The Labute approximate surface area is 198 Å². The third kappa shape index (κ3) is 5.59. The van der Waals surface area contributed by atoms with Crippen molar-refractivity contribution < 1.29 is 24.2 Å². The molecule has 3 aromatic rings. The number of aliphatic hydroxyl groups excluding tert-OH is 1. The van der Waals surface area contributed by atoms with E-state index in [1.54, 1.807) is 36.5 Å². The molecule has 0 bridgehead atoms. The summed E-state index contributed by atoms with van der Waals surface area (Å²) in [4.78, 5) is 30.7. The molecule has 1 aliphatic heterocycles. The standard InChI is InChI=1S/C26H27N3O5/c1-33-22-10-4-18(5-11-22)13-24(31)28-21-8-6-20(7-9-21)26-23(16-30)29(25(32)17-34-26)15-19-3-2-12-27-14-19/h2-12,14,23,26,30H,13,15-17H2,1H3,(H,28,31)/t23-,26-/m1/s1. The third-order valence-corrected chi connectivity index (χ3v) is 5.77. The van der Waals surface area contributed by atoms with Gasteiger partial charge in [0.05, 0.1) is 26.2 Å². The van der Waals surface area contributed by atoms with Crippen molar-refractivity contribution >= 4 is 17.5 Å². The molecule has 34 heavy (non-hydrogen) atoms. The first-order valence-electron chi connectivity index (χ1n) is 11.0. The average molecular weight is 462 g/mol. The van der Waals surface area contributed by atoms with Gasteiger partial charge in [0.25, 0.3) is 0 Å². The van der Waals surface area contributed by atoms with Crippen LogP contribution >= 0.6 is 0 Å². The number of carbonyl (C=O) groups excluding carboxylic acids is 2. The van der Waals surface area contributed by atoms with Gasteiger partial charge in [0.2, 0.25) is 11.8 Å². The number of aliphatic hydroxyl groups is 1. The van der Waals surface area contributed by atoms with Crippen molar-refractivity contribution in [3.63, 3.8) is 0 Å². The number of methoxy groups -OCH3 is 1. The van der Waals surface area contributed by atoms with Crippen LogP contribution in [0.4, 0.5) is 5.69 Å². The van der Waals surface area contributed by atoms with Gasteiger partial charge in [0.1, 0.15) is 18.5 Å². The smallest absolute Gasteiger partial charge is 0.249 e. The summed E-state index contributed by atoms with van der Waals surface area (Å²) in [6.07, 6.45) is 3.14. The van der Waals surface area contributed by atoms with E-state index >= 15 is 0 Å². The minimum absolute atomic E-state index is 0.0677. The molecule has 2 amide bonds. The average Bonchev–Trinajstić information content (AvgIpc) is 2.87. The number of rotatable bonds is 8. The Morgan fingerprint density at radius 3 is 2.56 bits per heavy atom. The van der Waals surface area contributed by atoms with E-state index in [4.69, 9.17) is 9.47 Å². The van der Waals surface area contributed by atoms with E-state index in [0.29, 0.717) is 12.2 Å². The van der Waals surface area contributed by atoms with Crippen LogP contribution in [0.3, 0.4) is 0 Å². The second kappa shape index (κ2) is 10.9. The van der Waals surface area contributed by atoms with E-state index in [2.05, 4.69) is 10.3 Å². The maximum Gasteiger partial charge on any atom is 0.249 e. The highest BCUT2D eigenvalue weighted by atomic mass is 16.5. The predicted octanol–water partition coefficient (Wildman–Crippen LogP) is 2.73. The van der Waals surface area contributed by atoms with E-state index in [-0.39, 0.29) is 31.4 Å². The van der Waals surface area contributed by atoms with Crippen molar-refractivity contribution in [1.29, 1.82) is 0 Å². The number of benzene rings is 2. The summed E-state index contributed by atoms with van der Waals surface area (Å²) in [7, 11) is 1.60.